The molecular formula is C12H13NO2. The first-order valence-electron chi connectivity index (χ1n) is 4.46. The Morgan fingerprint density at radius 3 is 2.67 bits per heavy atom. The lowest BCUT2D eigenvalue weighted by Gasteiger charge is -2.10. The molecule has 15 heavy (non-hydrogen) atoms. The van der Waals surface area contributed by atoms with Gasteiger partial charge in [-0.05, 0) is 11.6 Å². The molecule has 0 aliphatic rings. The maximum Gasteiger partial charge on any atom is 0.179 e. The van der Waals surface area contributed by atoms with Crippen molar-refractivity contribution in [1.29, 1.82) is 0 Å². The monoisotopic (exact) mass is 203 g/mol. The molecule has 0 bridgehead atoms. The van der Waals surface area contributed by atoms with Crippen LogP contribution in [0.3, 0.4) is 0 Å². The molecule has 0 saturated heterocycles. The van der Waals surface area contributed by atoms with Crippen molar-refractivity contribution in [3.8, 4) is 0 Å². The van der Waals surface area contributed by atoms with Crippen LogP contribution in [0, 0.1) is 0 Å². The predicted octanol–water partition coefficient (Wildman–Crippen LogP) is 1.82. The fourth-order valence-corrected chi connectivity index (χ4v) is 1.27. The van der Waals surface area contributed by atoms with E-state index in [4.69, 9.17) is 10.2 Å². The Kier molecular flexibility index (Phi) is 3.97. The van der Waals surface area contributed by atoms with E-state index in [0.717, 1.165) is 5.57 Å². The molecule has 0 unspecified atom stereocenters. The smallest absolute Gasteiger partial charge is 0.179 e. The maximum atomic E-state index is 9.16. The van der Waals surface area contributed by atoms with Gasteiger partial charge in [-0.15, -0.1) is 0 Å². The Hall–Kier alpha value is -1.71. The molecule has 0 spiro atoms. The van der Waals surface area contributed by atoms with Crippen molar-refractivity contribution in [2.75, 3.05) is 0 Å². The highest BCUT2D eigenvalue weighted by atomic mass is 16.5. The summed E-state index contributed by atoms with van der Waals surface area (Å²) in [6.07, 6.45) is 6.51. The van der Waals surface area contributed by atoms with Crippen LogP contribution in [0.4, 0.5) is 0 Å². The summed E-state index contributed by atoms with van der Waals surface area (Å²) in [6.45, 7) is 7.23. The minimum atomic E-state index is -1.52. The highest BCUT2D eigenvalue weighted by molar-refractivity contribution is 5.76. The topological polar surface area (TPSA) is 53.4 Å². The van der Waals surface area contributed by atoms with E-state index in [1.54, 1.807) is 30.5 Å². The SMILES string of the molecule is C=C/C=C(\C=C)c1cnccc1C(O)O. The minimum Gasteiger partial charge on any atom is -0.364 e. The molecule has 0 aromatic carbocycles. The quantitative estimate of drug-likeness (QED) is 0.579. The Bertz CT molecular complexity index is 394. The fourth-order valence-electron chi connectivity index (χ4n) is 1.27. The normalized spacial score (nSPS) is 11.5. The first-order valence-corrected chi connectivity index (χ1v) is 4.46. The van der Waals surface area contributed by atoms with Crippen molar-refractivity contribution >= 4 is 5.57 Å². The Morgan fingerprint density at radius 1 is 1.40 bits per heavy atom. The summed E-state index contributed by atoms with van der Waals surface area (Å²) in [4.78, 5) is 3.93. The van der Waals surface area contributed by atoms with E-state index in [1.807, 2.05) is 0 Å². The van der Waals surface area contributed by atoms with Gasteiger partial charge in [0.05, 0.1) is 0 Å². The van der Waals surface area contributed by atoms with E-state index in [-0.39, 0.29) is 0 Å². The average Bonchev–Trinajstić information content (AvgIpc) is 2.26. The van der Waals surface area contributed by atoms with Crippen molar-refractivity contribution in [2.45, 2.75) is 6.29 Å². The molecule has 1 heterocycles. The number of hydrogen-bond acceptors (Lipinski definition) is 3. The van der Waals surface area contributed by atoms with E-state index in [0.29, 0.717) is 11.1 Å². The van der Waals surface area contributed by atoms with Gasteiger partial charge in [0, 0.05) is 23.5 Å². The first kappa shape index (κ1) is 11.4. The molecule has 1 aromatic heterocycles. The van der Waals surface area contributed by atoms with Crippen LogP contribution in [0.15, 0.2) is 49.8 Å². The Balaban J connectivity index is 3.28. The third kappa shape index (κ3) is 2.62. The zero-order chi connectivity index (χ0) is 11.3. The summed E-state index contributed by atoms with van der Waals surface area (Å²) in [6, 6.07) is 1.56. The van der Waals surface area contributed by atoms with Crippen LogP contribution in [0.25, 0.3) is 5.57 Å². The van der Waals surface area contributed by atoms with Crippen molar-refractivity contribution in [2.24, 2.45) is 0 Å². The van der Waals surface area contributed by atoms with Gasteiger partial charge in [-0.25, -0.2) is 0 Å². The van der Waals surface area contributed by atoms with Gasteiger partial charge in [-0.3, -0.25) is 4.98 Å². The van der Waals surface area contributed by atoms with E-state index in [9.17, 15) is 0 Å². The number of pyridine rings is 1. The highest BCUT2D eigenvalue weighted by Gasteiger charge is 2.10. The van der Waals surface area contributed by atoms with Crippen LogP contribution in [-0.2, 0) is 0 Å². The van der Waals surface area contributed by atoms with Crippen molar-refractivity contribution < 1.29 is 10.2 Å². The largest absolute Gasteiger partial charge is 0.364 e. The molecular weight excluding hydrogens is 190 g/mol. The predicted molar refractivity (Wildman–Crippen MR) is 59.8 cm³/mol. The molecule has 0 aliphatic carbocycles. The lowest BCUT2D eigenvalue weighted by atomic mass is 10.0. The highest BCUT2D eigenvalue weighted by Crippen LogP contribution is 2.23. The molecule has 1 aromatic rings. The van der Waals surface area contributed by atoms with Crippen LogP contribution in [0.2, 0.25) is 0 Å². The summed E-state index contributed by atoms with van der Waals surface area (Å²) in [5.41, 5.74) is 1.79. The van der Waals surface area contributed by atoms with Gasteiger partial charge < -0.3 is 10.2 Å². The molecule has 0 aliphatic heterocycles. The number of hydrogen-bond donors (Lipinski definition) is 2. The molecule has 78 valence electrons. The lowest BCUT2D eigenvalue weighted by Crippen LogP contribution is -2.00. The van der Waals surface area contributed by atoms with Gasteiger partial charge in [-0.1, -0.05) is 31.4 Å². The second-order valence-corrected chi connectivity index (χ2v) is 2.90. The van der Waals surface area contributed by atoms with E-state index >= 15 is 0 Å². The third-order valence-electron chi connectivity index (χ3n) is 1.96. The molecule has 0 atom stereocenters. The summed E-state index contributed by atoms with van der Waals surface area (Å²) in [5, 5.41) is 18.3. The number of aromatic nitrogens is 1. The first-order chi connectivity index (χ1) is 7.20. The average molecular weight is 203 g/mol. The molecule has 0 amide bonds. The van der Waals surface area contributed by atoms with Crippen LogP contribution >= 0.6 is 0 Å². The van der Waals surface area contributed by atoms with E-state index in [2.05, 4.69) is 18.1 Å². The van der Waals surface area contributed by atoms with Gasteiger partial charge in [-0.2, -0.15) is 0 Å². The standard InChI is InChI=1S/C12H13NO2/c1-3-5-9(4-2)11-8-13-7-6-10(11)12(14)15/h3-8,12,14-15H,1-2H2/b9-5+. The minimum absolute atomic E-state index is 0.401. The Morgan fingerprint density at radius 2 is 2.13 bits per heavy atom. The maximum absolute atomic E-state index is 9.16. The van der Waals surface area contributed by atoms with Gasteiger partial charge in [0.1, 0.15) is 0 Å². The van der Waals surface area contributed by atoms with Gasteiger partial charge >= 0.3 is 0 Å². The van der Waals surface area contributed by atoms with E-state index in [1.165, 1.54) is 6.20 Å². The second-order valence-electron chi connectivity index (χ2n) is 2.90. The zero-order valence-electron chi connectivity index (χ0n) is 8.30. The number of aliphatic hydroxyl groups is 2. The summed E-state index contributed by atoms with van der Waals surface area (Å²) < 4.78 is 0. The van der Waals surface area contributed by atoms with Gasteiger partial charge in [0.15, 0.2) is 6.29 Å². The zero-order valence-corrected chi connectivity index (χ0v) is 8.30. The molecule has 0 radical (unpaired) electrons. The van der Waals surface area contributed by atoms with E-state index < -0.39 is 6.29 Å². The summed E-state index contributed by atoms with van der Waals surface area (Å²) in [7, 11) is 0. The fraction of sp³-hybridized carbons (Fsp3) is 0.0833. The van der Waals surface area contributed by atoms with Crippen LogP contribution in [-0.4, -0.2) is 15.2 Å². The number of rotatable bonds is 4. The van der Waals surface area contributed by atoms with Crippen molar-refractivity contribution in [3.63, 3.8) is 0 Å². The molecule has 3 heteroatoms. The molecule has 0 saturated carbocycles. The van der Waals surface area contributed by atoms with Gasteiger partial charge in [0.25, 0.3) is 0 Å². The molecule has 1 rings (SSSR count). The van der Waals surface area contributed by atoms with Crippen LogP contribution in [0.5, 0.6) is 0 Å². The number of aliphatic hydroxyl groups excluding tert-OH is 1. The Labute approximate surface area is 88.7 Å². The lowest BCUT2D eigenvalue weighted by molar-refractivity contribution is -0.0427. The number of nitrogens with zero attached hydrogens (tertiary/aromatic N) is 1. The van der Waals surface area contributed by atoms with Crippen LogP contribution in [0.1, 0.15) is 17.4 Å². The second kappa shape index (κ2) is 5.24. The third-order valence-corrected chi connectivity index (χ3v) is 1.96. The summed E-state index contributed by atoms with van der Waals surface area (Å²) in [5.74, 6) is 0. The molecule has 3 nitrogen and oxygen atoms in total. The molecule has 0 fully saturated rings. The van der Waals surface area contributed by atoms with Gasteiger partial charge in [0.2, 0.25) is 0 Å². The van der Waals surface area contributed by atoms with Crippen molar-refractivity contribution in [1.82, 2.24) is 4.98 Å². The van der Waals surface area contributed by atoms with Crippen molar-refractivity contribution in [3.05, 3.63) is 61.0 Å². The molecule has 2 N–H and O–H groups in total. The van der Waals surface area contributed by atoms with Crippen LogP contribution < -0.4 is 0 Å². The summed E-state index contributed by atoms with van der Waals surface area (Å²) >= 11 is 0. The number of allylic oxidation sites excluding steroid dienone is 4.